The van der Waals surface area contributed by atoms with Crippen LogP contribution in [0.25, 0.3) is 11.1 Å². The summed E-state index contributed by atoms with van der Waals surface area (Å²) in [6, 6.07) is 2.87. The number of hydrogen-bond donors (Lipinski definition) is 1. The first-order valence-electron chi connectivity index (χ1n) is 9.37. The molecule has 28 heavy (non-hydrogen) atoms. The SMILES string of the molecule is CCS(=O)(=O)NC1CCc2c(-c3cc4c(cc3F)N(C)C(=O)CC4)cncc21. The highest BCUT2D eigenvalue weighted by molar-refractivity contribution is 7.89. The van der Waals surface area contributed by atoms with E-state index >= 15 is 0 Å². The van der Waals surface area contributed by atoms with Crippen LogP contribution in [-0.4, -0.2) is 32.1 Å². The Balaban J connectivity index is 1.76. The van der Waals surface area contributed by atoms with Crippen LogP contribution >= 0.6 is 0 Å². The Bertz CT molecular complexity index is 1070. The van der Waals surface area contributed by atoms with E-state index in [0.29, 0.717) is 42.5 Å². The van der Waals surface area contributed by atoms with Crippen LogP contribution in [0.5, 0.6) is 0 Å². The average Bonchev–Trinajstić information content (AvgIpc) is 3.07. The van der Waals surface area contributed by atoms with Gasteiger partial charge < -0.3 is 4.90 Å². The largest absolute Gasteiger partial charge is 0.315 e. The number of nitrogens with zero attached hydrogens (tertiary/aromatic N) is 2. The molecule has 148 valence electrons. The average molecular weight is 403 g/mol. The Morgan fingerprint density at radius 3 is 2.75 bits per heavy atom. The third kappa shape index (κ3) is 3.20. The number of pyridine rings is 1. The van der Waals surface area contributed by atoms with Crippen LogP contribution in [0.1, 0.15) is 42.5 Å². The molecule has 1 N–H and O–H groups in total. The second-order valence-electron chi connectivity index (χ2n) is 7.28. The lowest BCUT2D eigenvalue weighted by Gasteiger charge is -2.26. The first-order chi connectivity index (χ1) is 13.3. The molecule has 0 bridgehead atoms. The number of sulfonamides is 1. The monoisotopic (exact) mass is 403 g/mol. The van der Waals surface area contributed by atoms with Gasteiger partial charge in [-0.25, -0.2) is 17.5 Å². The lowest BCUT2D eigenvalue weighted by Crippen LogP contribution is -2.31. The lowest BCUT2D eigenvalue weighted by molar-refractivity contribution is -0.118. The molecule has 2 heterocycles. The Kier molecular flexibility index (Phi) is 4.71. The summed E-state index contributed by atoms with van der Waals surface area (Å²) in [5.74, 6) is -0.418. The molecule has 0 fully saturated rings. The van der Waals surface area contributed by atoms with Gasteiger partial charge in [-0.05, 0) is 55.0 Å². The summed E-state index contributed by atoms with van der Waals surface area (Å²) < 4.78 is 41.6. The van der Waals surface area contributed by atoms with Crippen molar-refractivity contribution < 1.29 is 17.6 Å². The van der Waals surface area contributed by atoms with Crippen molar-refractivity contribution in [2.75, 3.05) is 17.7 Å². The van der Waals surface area contributed by atoms with Crippen molar-refractivity contribution in [2.24, 2.45) is 0 Å². The van der Waals surface area contributed by atoms with Gasteiger partial charge in [-0.2, -0.15) is 0 Å². The number of benzene rings is 1. The number of amides is 1. The van der Waals surface area contributed by atoms with E-state index in [0.717, 1.165) is 16.7 Å². The van der Waals surface area contributed by atoms with Crippen LogP contribution in [0, 0.1) is 5.82 Å². The van der Waals surface area contributed by atoms with Gasteiger partial charge in [0.1, 0.15) is 5.82 Å². The number of aryl methyl sites for hydroxylation is 1. The van der Waals surface area contributed by atoms with E-state index in [1.165, 1.54) is 11.0 Å². The van der Waals surface area contributed by atoms with E-state index < -0.39 is 15.8 Å². The molecule has 1 aromatic carbocycles. The van der Waals surface area contributed by atoms with Crippen LogP contribution in [0.3, 0.4) is 0 Å². The number of fused-ring (bicyclic) bond motifs is 2. The molecule has 1 amide bonds. The summed E-state index contributed by atoms with van der Waals surface area (Å²) in [4.78, 5) is 17.6. The van der Waals surface area contributed by atoms with Crippen molar-refractivity contribution in [1.29, 1.82) is 0 Å². The number of rotatable bonds is 4. The predicted molar refractivity (Wildman–Crippen MR) is 105 cm³/mol. The molecule has 4 rings (SSSR count). The van der Waals surface area contributed by atoms with Gasteiger partial charge in [-0.15, -0.1) is 0 Å². The van der Waals surface area contributed by atoms with Gasteiger partial charge in [0, 0.05) is 48.7 Å². The Hall–Kier alpha value is -2.32. The molecule has 0 spiro atoms. The van der Waals surface area contributed by atoms with Crippen LogP contribution in [0.15, 0.2) is 24.5 Å². The molecular weight excluding hydrogens is 381 g/mol. The van der Waals surface area contributed by atoms with Crippen molar-refractivity contribution in [3.63, 3.8) is 0 Å². The summed E-state index contributed by atoms with van der Waals surface area (Å²) in [5, 5.41) is 0. The summed E-state index contributed by atoms with van der Waals surface area (Å²) in [6.45, 7) is 1.59. The third-order valence-corrected chi connectivity index (χ3v) is 7.06. The third-order valence-electron chi connectivity index (χ3n) is 5.65. The number of carbonyl (C=O) groups excluding carboxylic acids is 1. The fraction of sp³-hybridized carbons (Fsp3) is 0.400. The Morgan fingerprint density at radius 1 is 1.21 bits per heavy atom. The van der Waals surface area contributed by atoms with Gasteiger partial charge in [0.05, 0.1) is 5.75 Å². The van der Waals surface area contributed by atoms with Gasteiger partial charge >= 0.3 is 0 Å². The maximum atomic E-state index is 15.0. The number of aromatic nitrogens is 1. The number of hydrogen-bond acceptors (Lipinski definition) is 4. The Labute approximate surface area is 163 Å². The number of anilines is 1. The van der Waals surface area contributed by atoms with Gasteiger partial charge in [-0.1, -0.05) is 0 Å². The van der Waals surface area contributed by atoms with Gasteiger partial charge in [0.15, 0.2) is 0 Å². The maximum Gasteiger partial charge on any atom is 0.227 e. The van der Waals surface area contributed by atoms with Crippen LogP contribution in [0.2, 0.25) is 0 Å². The molecule has 1 aromatic heterocycles. The molecule has 1 atom stereocenters. The summed E-state index contributed by atoms with van der Waals surface area (Å²) >= 11 is 0. The molecular formula is C20H22FN3O3S. The van der Waals surface area contributed by atoms with E-state index in [-0.39, 0.29) is 17.7 Å². The smallest absolute Gasteiger partial charge is 0.227 e. The minimum Gasteiger partial charge on any atom is -0.315 e. The van der Waals surface area contributed by atoms with E-state index in [1.54, 1.807) is 32.4 Å². The highest BCUT2D eigenvalue weighted by Gasteiger charge is 2.30. The topological polar surface area (TPSA) is 79.4 Å². The number of carbonyl (C=O) groups is 1. The van der Waals surface area contributed by atoms with E-state index in [4.69, 9.17) is 0 Å². The fourth-order valence-corrected chi connectivity index (χ4v) is 4.90. The number of halogens is 1. The molecule has 1 unspecified atom stereocenters. The van der Waals surface area contributed by atoms with Gasteiger partial charge in [0.2, 0.25) is 15.9 Å². The minimum absolute atomic E-state index is 0.0115. The van der Waals surface area contributed by atoms with Crippen molar-refractivity contribution in [3.05, 3.63) is 47.0 Å². The standard InChI is InChI=1S/C20H22FN3O3S/c1-3-28(26,27)23-18-6-5-13-15(10-22-11-16(13)18)14-8-12-4-7-20(25)24(2)19(12)9-17(14)21/h8-11,18,23H,3-7H2,1-2H3. The molecule has 0 saturated heterocycles. The van der Waals surface area contributed by atoms with Crippen LogP contribution < -0.4 is 9.62 Å². The molecule has 2 aromatic rings. The maximum absolute atomic E-state index is 15.0. The van der Waals surface area contributed by atoms with Crippen LogP contribution in [0.4, 0.5) is 10.1 Å². The molecule has 6 nitrogen and oxygen atoms in total. The second kappa shape index (κ2) is 6.93. The second-order valence-corrected chi connectivity index (χ2v) is 9.32. The molecule has 0 radical (unpaired) electrons. The molecule has 1 aliphatic carbocycles. The van der Waals surface area contributed by atoms with Crippen molar-refractivity contribution in [1.82, 2.24) is 9.71 Å². The highest BCUT2D eigenvalue weighted by Crippen LogP contribution is 2.40. The predicted octanol–water partition coefficient (Wildman–Crippen LogP) is 2.72. The zero-order chi connectivity index (χ0) is 20.1. The van der Waals surface area contributed by atoms with E-state index in [9.17, 15) is 17.6 Å². The quantitative estimate of drug-likeness (QED) is 0.851. The first kappa shape index (κ1) is 19.0. The van der Waals surface area contributed by atoms with E-state index in [1.807, 2.05) is 0 Å². The summed E-state index contributed by atoms with van der Waals surface area (Å²) in [5.41, 5.74) is 4.40. The first-order valence-corrected chi connectivity index (χ1v) is 11.0. The molecule has 1 aliphatic heterocycles. The Morgan fingerprint density at radius 2 is 2.00 bits per heavy atom. The van der Waals surface area contributed by atoms with Crippen molar-refractivity contribution in [2.45, 2.75) is 38.6 Å². The molecule has 2 aliphatic rings. The lowest BCUT2D eigenvalue weighted by atomic mass is 9.93. The summed E-state index contributed by atoms with van der Waals surface area (Å²) in [6.07, 6.45) is 5.55. The number of nitrogens with one attached hydrogen (secondary N) is 1. The zero-order valence-corrected chi connectivity index (χ0v) is 16.6. The molecule has 0 saturated carbocycles. The van der Waals surface area contributed by atoms with Crippen LogP contribution in [-0.2, 0) is 27.7 Å². The molecule has 8 heteroatoms. The highest BCUT2D eigenvalue weighted by atomic mass is 32.2. The van der Waals surface area contributed by atoms with Gasteiger partial charge in [0.25, 0.3) is 0 Å². The van der Waals surface area contributed by atoms with Gasteiger partial charge in [-0.3, -0.25) is 9.78 Å². The van der Waals surface area contributed by atoms with E-state index in [2.05, 4.69) is 9.71 Å². The van der Waals surface area contributed by atoms with Crippen molar-refractivity contribution in [3.8, 4) is 11.1 Å². The normalized spacial score (nSPS) is 18.9. The minimum atomic E-state index is -3.34. The zero-order valence-electron chi connectivity index (χ0n) is 15.8. The van der Waals surface area contributed by atoms with Crippen molar-refractivity contribution >= 4 is 21.6 Å². The fourth-order valence-electron chi connectivity index (χ4n) is 4.05. The summed E-state index contributed by atoms with van der Waals surface area (Å²) in [7, 11) is -1.69.